The predicted molar refractivity (Wildman–Crippen MR) is 118 cm³/mol. The summed E-state index contributed by atoms with van der Waals surface area (Å²) in [5.74, 6) is -0.303. The highest BCUT2D eigenvalue weighted by Gasteiger charge is 2.24. The van der Waals surface area contributed by atoms with Crippen LogP contribution in [0.3, 0.4) is 0 Å². The molecule has 3 heteroatoms. The first-order chi connectivity index (χ1) is 13.2. The SMILES string of the molecule is CCCCCCCCCCCCCCCCC(C(N)=O)C(CO)CCCC. The average Bonchev–Trinajstić information content (AvgIpc) is 2.66. The van der Waals surface area contributed by atoms with Crippen LogP contribution in [0.15, 0.2) is 0 Å². The van der Waals surface area contributed by atoms with Gasteiger partial charge in [-0.05, 0) is 18.8 Å². The second-order valence-corrected chi connectivity index (χ2v) is 8.48. The third-order valence-corrected chi connectivity index (χ3v) is 5.97. The van der Waals surface area contributed by atoms with Crippen LogP contribution in [0, 0.1) is 11.8 Å². The molecule has 162 valence electrons. The normalized spacial score (nSPS) is 13.6. The van der Waals surface area contributed by atoms with Crippen molar-refractivity contribution in [2.45, 2.75) is 129 Å². The largest absolute Gasteiger partial charge is 0.396 e. The van der Waals surface area contributed by atoms with Crippen LogP contribution in [-0.4, -0.2) is 17.6 Å². The van der Waals surface area contributed by atoms with E-state index in [0.717, 1.165) is 32.1 Å². The van der Waals surface area contributed by atoms with Crippen LogP contribution in [-0.2, 0) is 4.79 Å². The van der Waals surface area contributed by atoms with Crippen LogP contribution in [0.1, 0.15) is 129 Å². The van der Waals surface area contributed by atoms with Crippen molar-refractivity contribution in [3.8, 4) is 0 Å². The van der Waals surface area contributed by atoms with E-state index in [0.29, 0.717) is 0 Å². The van der Waals surface area contributed by atoms with E-state index in [1.165, 1.54) is 83.5 Å². The summed E-state index contributed by atoms with van der Waals surface area (Å²) in [4.78, 5) is 11.7. The summed E-state index contributed by atoms with van der Waals surface area (Å²) < 4.78 is 0. The van der Waals surface area contributed by atoms with Crippen molar-refractivity contribution in [2.24, 2.45) is 17.6 Å². The fourth-order valence-electron chi connectivity index (χ4n) is 4.06. The summed E-state index contributed by atoms with van der Waals surface area (Å²) in [5, 5.41) is 9.58. The molecule has 0 bridgehead atoms. The topological polar surface area (TPSA) is 63.3 Å². The van der Waals surface area contributed by atoms with E-state index in [2.05, 4.69) is 13.8 Å². The third-order valence-electron chi connectivity index (χ3n) is 5.97. The van der Waals surface area contributed by atoms with E-state index >= 15 is 0 Å². The van der Waals surface area contributed by atoms with Gasteiger partial charge in [0.25, 0.3) is 0 Å². The highest BCUT2D eigenvalue weighted by molar-refractivity contribution is 5.76. The number of unbranched alkanes of at least 4 members (excludes halogenated alkanes) is 14. The van der Waals surface area contributed by atoms with Crippen molar-refractivity contribution in [1.82, 2.24) is 0 Å². The first kappa shape index (κ1) is 26.4. The number of hydrogen-bond donors (Lipinski definition) is 2. The lowest BCUT2D eigenvalue weighted by Crippen LogP contribution is -2.32. The van der Waals surface area contributed by atoms with Crippen molar-refractivity contribution in [3.05, 3.63) is 0 Å². The van der Waals surface area contributed by atoms with Crippen molar-refractivity contribution in [3.63, 3.8) is 0 Å². The zero-order valence-corrected chi connectivity index (χ0v) is 18.5. The zero-order valence-electron chi connectivity index (χ0n) is 18.5. The number of rotatable bonds is 21. The first-order valence-corrected chi connectivity index (χ1v) is 12.1. The van der Waals surface area contributed by atoms with Gasteiger partial charge < -0.3 is 10.8 Å². The Morgan fingerprint density at radius 2 is 1.07 bits per heavy atom. The Labute approximate surface area is 169 Å². The minimum atomic E-state index is -0.222. The summed E-state index contributed by atoms with van der Waals surface area (Å²) in [6.45, 7) is 4.50. The number of primary amides is 1. The summed E-state index contributed by atoms with van der Waals surface area (Å²) in [5.41, 5.74) is 5.59. The van der Waals surface area contributed by atoms with Crippen molar-refractivity contribution >= 4 is 5.91 Å². The Morgan fingerprint density at radius 3 is 1.44 bits per heavy atom. The van der Waals surface area contributed by atoms with Crippen LogP contribution < -0.4 is 5.73 Å². The second kappa shape index (κ2) is 20.2. The molecule has 0 aliphatic heterocycles. The Bertz CT molecular complexity index is 320. The lowest BCUT2D eigenvalue weighted by atomic mass is 9.84. The minimum absolute atomic E-state index is 0.0597. The monoisotopic (exact) mass is 383 g/mol. The van der Waals surface area contributed by atoms with E-state index in [9.17, 15) is 9.90 Å². The number of nitrogens with two attached hydrogens (primary N) is 1. The second-order valence-electron chi connectivity index (χ2n) is 8.48. The molecule has 27 heavy (non-hydrogen) atoms. The van der Waals surface area contributed by atoms with Crippen molar-refractivity contribution in [1.29, 1.82) is 0 Å². The molecule has 0 spiro atoms. The smallest absolute Gasteiger partial charge is 0.220 e. The molecule has 3 N–H and O–H groups in total. The molecule has 0 saturated heterocycles. The van der Waals surface area contributed by atoms with Gasteiger partial charge in [0.2, 0.25) is 5.91 Å². The quantitative estimate of drug-likeness (QED) is 0.215. The van der Waals surface area contributed by atoms with Crippen LogP contribution in [0.5, 0.6) is 0 Å². The predicted octanol–water partition coefficient (Wildman–Crippen LogP) is 6.76. The van der Waals surface area contributed by atoms with Gasteiger partial charge in [-0.15, -0.1) is 0 Å². The first-order valence-electron chi connectivity index (χ1n) is 12.1. The van der Waals surface area contributed by atoms with E-state index in [-0.39, 0.29) is 24.3 Å². The highest BCUT2D eigenvalue weighted by Crippen LogP contribution is 2.24. The minimum Gasteiger partial charge on any atom is -0.396 e. The molecule has 0 saturated carbocycles. The molecule has 2 atom stereocenters. The molecule has 0 aromatic rings. The van der Waals surface area contributed by atoms with Crippen molar-refractivity contribution in [2.75, 3.05) is 6.61 Å². The van der Waals surface area contributed by atoms with Crippen LogP contribution in [0.25, 0.3) is 0 Å². The molecule has 1 amide bonds. The number of amides is 1. The molecule has 0 aliphatic carbocycles. The lowest BCUT2D eigenvalue weighted by Gasteiger charge is -2.22. The van der Waals surface area contributed by atoms with Gasteiger partial charge in [0, 0.05) is 12.5 Å². The summed E-state index contributed by atoms with van der Waals surface area (Å²) in [6, 6.07) is 0. The maximum absolute atomic E-state index is 11.7. The standard InChI is InChI=1S/C24H49NO2/c1-3-5-7-8-9-10-11-12-13-14-15-16-17-18-20-23(24(25)27)22(21-26)19-6-4-2/h22-23,26H,3-21H2,1-2H3,(H2,25,27). The van der Waals surface area contributed by atoms with Gasteiger partial charge in [0.15, 0.2) is 0 Å². The summed E-state index contributed by atoms with van der Waals surface area (Å²) >= 11 is 0. The molecule has 0 aliphatic rings. The Hall–Kier alpha value is -0.570. The lowest BCUT2D eigenvalue weighted by molar-refractivity contribution is -0.124. The van der Waals surface area contributed by atoms with Crippen molar-refractivity contribution < 1.29 is 9.90 Å². The molecule has 0 heterocycles. The third kappa shape index (κ3) is 16.1. The fraction of sp³-hybridized carbons (Fsp3) is 0.958. The van der Waals surface area contributed by atoms with Gasteiger partial charge in [-0.25, -0.2) is 0 Å². The molecule has 2 unspecified atom stereocenters. The maximum atomic E-state index is 11.7. The maximum Gasteiger partial charge on any atom is 0.220 e. The van der Waals surface area contributed by atoms with Gasteiger partial charge in [-0.1, -0.05) is 117 Å². The van der Waals surface area contributed by atoms with Gasteiger partial charge in [-0.3, -0.25) is 4.79 Å². The van der Waals surface area contributed by atoms with Gasteiger partial charge in [0.05, 0.1) is 0 Å². The molecule has 0 aromatic heterocycles. The number of aliphatic hydroxyl groups is 1. The summed E-state index contributed by atoms with van der Waals surface area (Å²) in [6.07, 6.45) is 22.7. The molecule has 0 aromatic carbocycles. The van der Waals surface area contributed by atoms with Crippen LogP contribution >= 0.6 is 0 Å². The van der Waals surface area contributed by atoms with Gasteiger partial charge in [-0.2, -0.15) is 0 Å². The molecule has 0 fully saturated rings. The van der Waals surface area contributed by atoms with E-state index < -0.39 is 0 Å². The molecular weight excluding hydrogens is 334 g/mol. The summed E-state index contributed by atoms with van der Waals surface area (Å²) in [7, 11) is 0. The Kier molecular flexibility index (Phi) is 19.7. The van der Waals surface area contributed by atoms with Crippen LogP contribution in [0.2, 0.25) is 0 Å². The molecular formula is C24H49NO2. The number of aliphatic hydroxyl groups excluding tert-OH is 1. The number of carbonyl (C=O) groups excluding carboxylic acids is 1. The molecule has 0 radical (unpaired) electrons. The zero-order chi connectivity index (χ0) is 20.2. The van der Waals surface area contributed by atoms with Crippen LogP contribution in [0.4, 0.5) is 0 Å². The highest BCUT2D eigenvalue weighted by atomic mass is 16.3. The Morgan fingerprint density at radius 1 is 0.667 bits per heavy atom. The van der Waals surface area contributed by atoms with E-state index in [1.54, 1.807) is 0 Å². The van der Waals surface area contributed by atoms with E-state index in [4.69, 9.17) is 5.73 Å². The Balaban J connectivity index is 3.56. The molecule has 0 rings (SSSR count). The van der Waals surface area contributed by atoms with E-state index in [1.807, 2.05) is 0 Å². The average molecular weight is 384 g/mol. The number of hydrogen-bond acceptors (Lipinski definition) is 2. The fourth-order valence-corrected chi connectivity index (χ4v) is 4.06. The molecule has 3 nitrogen and oxygen atoms in total. The number of carbonyl (C=O) groups is 1. The van der Waals surface area contributed by atoms with Gasteiger partial charge in [0.1, 0.15) is 0 Å². The van der Waals surface area contributed by atoms with Gasteiger partial charge >= 0.3 is 0 Å².